The molecule has 6 N–H and O–H groups in total. The lowest BCUT2D eigenvalue weighted by atomic mass is 9.95. The van der Waals surface area contributed by atoms with Crippen LogP contribution in [-0.4, -0.2) is 101 Å². The number of aromatic amines is 1. The van der Waals surface area contributed by atoms with Gasteiger partial charge in [-0.05, 0) is 65.9 Å². The Labute approximate surface area is 331 Å². The summed E-state index contributed by atoms with van der Waals surface area (Å²) in [6, 6.07) is 19.0. The van der Waals surface area contributed by atoms with Crippen molar-refractivity contribution in [2.24, 2.45) is 0 Å². The van der Waals surface area contributed by atoms with Gasteiger partial charge < -0.3 is 49.6 Å². The molecule has 0 radical (unpaired) electrons. The number of ether oxygens (including phenoxy) is 3. The first-order valence-corrected chi connectivity index (χ1v) is 20.5. The lowest BCUT2D eigenvalue weighted by molar-refractivity contribution is -0.938. The second-order valence-electron chi connectivity index (χ2n) is 15.2. The molecule has 3 saturated heterocycles. The van der Waals surface area contributed by atoms with Crippen molar-refractivity contribution in [1.82, 2.24) is 15.6 Å². The number of benzene rings is 2. The van der Waals surface area contributed by atoms with E-state index < -0.39 is 17.7 Å². The molecule has 2 bridgehead atoms. The molecule has 3 aliphatic heterocycles. The number of phenolic OH excluding ortho intramolecular Hbond substituents is 1. The molecule has 56 heavy (non-hydrogen) atoms. The van der Waals surface area contributed by atoms with Crippen LogP contribution in [0.3, 0.4) is 0 Å². The van der Waals surface area contributed by atoms with Gasteiger partial charge in [-0.2, -0.15) is 0 Å². The highest BCUT2D eigenvalue weighted by molar-refractivity contribution is 7.12. The Balaban J connectivity index is 0.797. The molecular formula is C41H45N4O9S2+. The molecule has 0 aliphatic carbocycles. The third-order valence-electron chi connectivity index (χ3n) is 11.4. The third kappa shape index (κ3) is 7.36. The number of aromatic hydroxyl groups is 1. The number of hydrogen-bond acceptors (Lipinski definition) is 12. The fraction of sp³-hybridized carbons (Fsp3) is 0.390. The second-order valence-corrected chi connectivity index (χ2v) is 17.1. The maximum Gasteiger partial charge on any atom is 0.349 e. The van der Waals surface area contributed by atoms with E-state index in [1.165, 1.54) is 23.5 Å². The van der Waals surface area contributed by atoms with Crippen molar-refractivity contribution in [2.75, 3.05) is 33.8 Å². The van der Waals surface area contributed by atoms with Crippen LogP contribution >= 0.6 is 22.7 Å². The number of carbonyl (C=O) groups is 2. The smallest absolute Gasteiger partial charge is 0.349 e. The number of carbonyl (C=O) groups excluding carboxylic acids is 2. The molecule has 13 nitrogen and oxygen atoms in total. The number of pyridine rings is 1. The van der Waals surface area contributed by atoms with Crippen LogP contribution in [0.25, 0.3) is 10.9 Å². The van der Waals surface area contributed by atoms with Crippen LogP contribution in [0.1, 0.15) is 56.6 Å². The van der Waals surface area contributed by atoms with Crippen LogP contribution in [-0.2, 0) is 26.4 Å². The lowest BCUT2D eigenvalue weighted by Crippen LogP contribution is -2.60. The largest absolute Gasteiger partial charge is 0.506 e. The van der Waals surface area contributed by atoms with E-state index in [-0.39, 0.29) is 60.7 Å². The lowest BCUT2D eigenvalue weighted by Gasteiger charge is -2.45. The molecular weight excluding hydrogens is 757 g/mol. The van der Waals surface area contributed by atoms with E-state index in [9.17, 15) is 29.7 Å². The highest BCUT2D eigenvalue weighted by Gasteiger charge is 2.71. The van der Waals surface area contributed by atoms with Gasteiger partial charge >= 0.3 is 5.97 Å². The summed E-state index contributed by atoms with van der Waals surface area (Å²) in [6.07, 6.45) is 1.32. The summed E-state index contributed by atoms with van der Waals surface area (Å²) in [6.45, 7) is 1.60. The van der Waals surface area contributed by atoms with Gasteiger partial charge in [0, 0.05) is 42.8 Å². The molecule has 0 spiro atoms. The van der Waals surface area contributed by atoms with E-state index in [1.807, 2.05) is 24.3 Å². The zero-order valence-electron chi connectivity index (χ0n) is 31.0. The first-order valence-electron chi connectivity index (χ1n) is 18.7. The number of epoxide rings is 1. The van der Waals surface area contributed by atoms with Crippen molar-refractivity contribution >= 4 is 45.5 Å². The maximum absolute atomic E-state index is 13.8. The molecule has 294 valence electrons. The van der Waals surface area contributed by atoms with Gasteiger partial charge in [0.05, 0.1) is 47.6 Å². The summed E-state index contributed by atoms with van der Waals surface area (Å²) >= 11 is 2.42. The standard InChI is InChI=1S/C41H44N4O9S2/c1-45(2)29-18-26(19-30(45)38-37(29)54-38)53-40(50)41(51,33-5-3-16-55-33)34-17-24(22-56-34)39(49)43-20-23-6-8-25(9-7-23)52-15-4-14-42-21-32(47)27-10-12-31(46)36-28(27)11-13-35(48)44-36/h3,5-13,16-17,22,26,29-30,32,37-38,42,47,51H,4,14-15,18-21H2,1-2H3,(H2-,43,44,46,48,49)/p+1/t26?,29-,30+,32-,37-,38+,41?/m0/s1. The molecule has 1 amide bonds. The van der Waals surface area contributed by atoms with Crippen molar-refractivity contribution in [3.05, 3.63) is 114 Å². The first-order chi connectivity index (χ1) is 26.9. The molecule has 7 atom stereocenters. The number of thiophene rings is 2. The number of nitrogens with zero attached hydrogens (tertiary/aromatic N) is 1. The van der Waals surface area contributed by atoms with Gasteiger partial charge in [0.15, 0.2) is 0 Å². The van der Waals surface area contributed by atoms with Crippen LogP contribution < -0.4 is 20.9 Å². The van der Waals surface area contributed by atoms with Gasteiger partial charge in [-0.15, -0.1) is 22.7 Å². The summed E-state index contributed by atoms with van der Waals surface area (Å²) in [4.78, 5) is 42.1. The number of H-pyrrole nitrogens is 1. The average Bonchev–Trinajstić information content (AvgIpc) is 3.46. The first kappa shape index (κ1) is 38.3. The molecule has 2 aromatic carbocycles. The van der Waals surface area contributed by atoms with Gasteiger partial charge in [0.2, 0.25) is 11.2 Å². The number of phenols is 1. The second kappa shape index (κ2) is 15.4. The minimum atomic E-state index is -2.03. The van der Waals surface area contributed by atoms with Gasteiger partial charge in [0.25, 0.3) is 5.91 Å². The minimum absolute atomic E-state index is 0.0534. The predicted molar refractivity (Wildman–Crippen MR) is 211 cm³/mol. The normalized spacial score (nSPS) is 23.5. The number of fused-ring (bicyclic) bond motifs is 6. The summed E-state index contributed by atoms with van der Waals surface area (Å²) in [5, 5.41) is 43.0. The Morgan fingerprint density at radius 3 is 2.54 bits per heavy atom. The number of morpholine rings is 1. The molecule has 3 aliphatic rings. The number of likely N-dealkylation sites (N-methyl/N-ethyl adjacent to an activating group) is 1. The van der Waals surface area contributed by atoms with E-state index in [0.29, 0.717) is 69.9 Å². The molecule has 2 unspecified atom stereocenters. The molecule has 8 rings (SSSR count). The molecule has 5 aromatic rings. The van der Waals surface area contributed by atoms with E-state index >= 15 is 0 Å². The SMILES string of the molecule is C[N+]1(C)[C@@H]2CC(OC(=O)C(O)(c3cccs3)c3cc(C(=O)NCc4ccc(OCCCNC[C@H](O)c5ccc(O)c6[nH]c(=O)ccc56)cc4)cs3)C[C@H]1[C@@H]1O[C@@H]12. The average molecular weight is 802 g/mol. The van der Waals surface area contributed by atoms with Crippen molar-refractivity contribution in [2.45, 2.75) is 67.9 Å². The Kier molecular flexibility index (Phi) is 10.5. The number of aliphatic hydroxyl groups excluding tert-OH is 1. The van der Waals surface area contributed by atoms with Gasteiger partial charge in [-0.3, -0.25) is 9.59 Å². The molecule has 3 fully saturated rings. The topological polar surface area (TPSA) is 183 Å². The molecule has 15 heteroatoms. The van der Waals surface area contributed by atoms with Crippen LogP contribution in [0.15, 0.2) is 82.3 Å². The minimum Gasteiger partial charge on any atom is -0.506 e. The number of piperidine rings is 1. The van der Waals surface area contributed by atoms with Gasteiger partial charge in [-0.1, -0.05) is 24.3 Å². The van der Waals surface area contributed by atoms with E-state index in [1.54, 1.807) is 41.1 Å². The van der Waals surface area contributed by atoms with Crippen LogP contribution in [0.5, 0.6) is 11.5 Å². The van der Waals surface area contributed by atoms with Crippen molar-refractivity contribution < 1.29 is 43.6 Å². The van der Waals surface area contributed by atoms with Gasteiger partial charge in [0.1, 0.15) is 41.9 Å². The number of quaternary nitrogens is 1. The predicted octanol–water partition coefficient (Wildman–Crippen LogP) is 3.91. The fourth-order valence-corrected chi connectivity index (χ4v) is 10.1. The quantitative estimate of drug-likeness (QED) is 0.0393. The number of rotatable bonds is 15. The summed E-state index contributed by atoms with van der Waals surface area (Å²) < 4.78 is 18.7. The fourth-order valence-electron chi connectivity index (χ4n) is 8.26. The third-order valence-corrected chi connectivity index (χ3v) is 13.5. The molecule has 6 heterocycles. The van der Waals surface area contributed by atoms with Crippen LogP contribution in [0.2, 0.25) is 0 Å². The van der Waals surface area contributed by atoms with Crippen LogP contribution in [0, 0.1) is 0 Å². The number of nitrogens with one attached hydrogen (secondary N) is 3. The monoisotopic (exact) mass is 801 g/mol. The highest BCUT2D eigenvalue weighted by atomic mass is 32.1. The van der Waals surface area contributed by atoms with E-state index in [4.69, 9.17) is 14.2 Å². The summed E-state index contributed by atoms with van der Waals surface area (Å²) in [5.74, 6) is -0.427. The van der Waals surface area contributed by atoms with E-state index in [2.05, 4.69) is 29.7 Å². The van der Waals surface area contributed by atoms with Crippen molar-refractivity contribution in [1.29, 1.82) is 0 Å². The Morgan fingerprint density at radius 1 is 1.04 bits per heavy atom. The number of esters is 1. The molecule has 3 aromatic heterocycles. The Bertz CT molecular complexity index is 2250. The van der Waals surface area contributed by atoms with Crippen molar-refractivity contribution in [3.63, 3.8) is 0 Å². The Hall–Kier alpha value is -4.61. The number of aromatic nitrogens is 1. The zero-order valence-corrected chi connectivity index (χ0v) is 32.6. The van der Waals surface area contributed by atoms with Crippen LogP contribution in [0.4, 0.5) is 0 Å². The van der Waals surface area contributed by atoms with E-state index in [0.717, 1.165) is 21.4 Å². The number of hydrogen-bond donors (Lipinski definition) is 6. The zero-order chi connectivity index (χ0) is 39.2. The highest BCUT2D eigenvalue weighted by Crippen LogP contribution is 2.52. The molecule has 0 saturated carbocycles. The maximum atomic E-state index is 13.8. The van der Waals surface area contributed by atoms with Crippen molar-refractivity contribution in [3.8, 4) is 11.5 Å². The van der Waals surface area contributed by atoms with Gasteiger partial charge in [-0.25, -0.2) is 4.79 Å². The Morgan fingerprint density at radius 2 is 1.80 bits per heavy atom. The summed E-state index contributed by atoms with van der Waals surface area (Å²) in [5.41, 5.74) is -0.255. The number of aliphatic hydroxyl groups is 2. The number of amides is 1. The summed E-state index contributed by atoms with van der Waals surface area (Å²) in [7, 11) is 4.42.